The van der Waals surface area contributed by atoms with Gasteiger partial charge in [-0.05, 0) is 36.6 Å². The summed E-state index contributed by atoms with van der Waals surface area (Å²) in [6.45, 7) is 5.29. The number of rotatable bonds is 7. The molecule has 2 heteroatoms. The summed E-state index contributed by atoms with van der Waals surface area (Å²) in [4.78, 5) is 0.866. The highest BCUT2D eigenvalue weighted by Crippen LogP contribution is 2.18. The van der Waals surface area contributed by atoms with E-state index in [4.69, 9.17) is 17.4 Å². The quantitative estimate of drug-likeness (QED) is 0.659. The molecule has 0 saturated heterocycles. The largest absolute Gasteiger partial charge is 0.493 e. The maximum atomic E-state index is 5.76. The minimum absolute atomic E-state index is 0.683. The van der Waals surface area contributed by atoms with Crippen molar-refractivity contribution in [3.05, 3.63) is 24.3 Å². The van der Waals surface area contributed by atoms with E-state index in [1.807, 2.05) is 24.3 Å². The zero-order valence-corrected chi connectivity index (χ0v) is 11.1. The lowest BCUT2D eigenvalue weighted by atomic mass is 10.0. The Bertz CT molecular complexity index is 281. The second kappa shape index (κ2) is 7.50. The van der Waals surface area contributed by atoms with Crippen molar-refractivity contribution in [3.8, 4) is 5.75 Å². The van der Waals surface area contributed by atoms with Gasteiger partial charge in [0.15, 0.2) is 0 Å². The predicted octanol–water partition coefficient (Wildman–Crippen LogP) is 4.84. The SMILES string of the molecule is CCCCC(CC)COc1ccc([S])cc1. The molecular weight excluding hydrogens is 216 g/mol. The second-order valence-corrected chi connectivity index (χ2v) is 4.67. The molecule has 0 aromatic heterocycles. The van der Waals surface area contributed by atoms with Gasteiger partial charge in [-0.25, -0.2) is 0 Å². The lowest BCUT2D eigenvalue weighted by molar-refractivity contribution is 0.233. The molecule has 1 aromatic carbocycles. The van der Waals surface area contributed by atoms with Crippen LogP contribution in [0.3, 0.4) is 0 Å². The van der Waals surface area contributed by atoms with Crippen LogP contribution < -0.4 is 4.74 Å². The Morgan fingerprint density at radius 1 is 1.19 bits per heavy atom. The van der Waals surface area contributed by atoms with E-state index >= 15 is 0 Å². The lowest BCUT2D eigenvalue weighted by Gasteiger charge is -2.15. The number of benzene rings is 1. The van der Waals surface area contributed by atoms with Crippen LogP contribution in [-0.2, 0) is 0 Å². The molecule has 1 nitrogen and oxygen atoms in total. The first kappa shape index (κ1) is 13.3. The molecule has 16 heavy (non-hydrogen) atoms. The van der Waals surface area contributed by atoms with Gasteiger partial charge in [0.05, 0.1) is 6.61 Å². The van der Waals surface area contributed by atoms with Crippen molar-refractivity contribution >= 4 is 12.6 Å². The van der Waals surface area contributed by atoms with E-state index in [9.17, 15) is 0 Å². The van der Waals surface area contributed by atoms with Crippen LogP contribution in [0.4, 0.5) is 0 Å². The highest BCUT2D eigenvalue weighted by molar-refractivity contribution is 7.80. The smallest absolute Gasteiger partial charge is 0.119 e. The molecular formula is C14H21OS. The molecule has 0 fully saturated rings. The lowest BCUT2D eigenvalue weighted by Crippen LogP contribution is -2.11. The molecule has 1 radical (unpaired) electrons. The first-order valence-corrected chi connectivity index (χ1v) is 6.57. The van der Waals surface area contributed by atoms with Gasteiger partial charge >= 0.3 is 0 Å². The van der Waals surface area contributed by atoms with Gasteiger partial charge in [0.2, 0.25) is 0 Å². The normalized spacial score (nSPS) is 12.4. The second-order valence-electron chi connectivity index (χ2n) is 4.20. The molecule has 1 aromatic rings. The number of hydrogen-bond acceptors (Lipinski definition) is 1. The van der Waals surface area contributed by atoms with Crippen LogP contribution in [0, 0.1) is 5.92 Å². The average molecular weight is 237 g/mol. The Balaban J connectivity index is 2.34. The van der Waals surface area contributed by atoms with Gasteiger partial charge in [-0.3, -0.25) is 0 Å². The molecule has 0 aliphatic heterocycles. The van der Waals surface area contributed by atoms with Crippen molar-refractivity contribution in [3.63, 3.8) is 0 Å². The third-order valence-electron chi connectivity index (χ3n) is 2.85. The van der Waals surface area contributed by atoms with Crippen molar-refractivity contribution in [1.82, 2.24) is 0 Å². The van der Waals surface area contributed by atoms with Gasteiger partial charge in [-0.2, -0.15) is 0 Å². The van der Waals surface area contributed by atoms with Crippen LogP contribution in [0.1, 0.15) is 39.5 Å². The van der Waals surface area contributed by atoms with Gasteiger partial charge < -0.3 is 4.74 Å². The summed E-state index contributed by atoms with van der Waals surface area (Å²) in [5.41, 5.74) is 0. The summed E-state index contributed by atoms with van der Waals surface area (Å²) < 4.78 is 5.76. The summed E-state index contributed by atoms with van der Waals surface area (Å²) in [6, 6.07) is 7.74. The molecule has 0 N–H and O–H groups in total. The fourth-order valence-corrected chi connectivity index (χ4v) is 1.78. The zero-order chi connectivity index (χ0) is 11.8. The predicted molar refractivity (Wildman–Crippen MR) is 71.1 cm³/mol. The molecule has 1 unspecified atom stereocenters. The zero-order valence-electron chi connectivity index (χ0n) is 10.2. The summed E-state index contributed by atoms with van der Waals surface area (Å²) >= 11 is 5.03. The Labute approximate surface area is 105 Å². The molecule has 1 rings (SSSR count). The van der Waals surface area contributed by atoms with Crippen LogP contribution >= 0.6 is 12.6 Å². The number of ether oxygens (including phenoxy) is 1. The number of unbranched alkanes of at least 4 members (excludes halogenated alkanes) is 1. The summed E-state index contributed by atoms with van der Waals surface area (Å²) in [5, 5.41) is 0. The minimum Gasteiger partial charge on any atom is -0.493 e. The Morgan fingerprint density at radius 3 is 2.44 bits per heavy atom. The van der Waals surface area contributed by atoms with Crippen molar-refractivity contribution in [2.45, 2.75) is 44.4 Å². The van der Waals surface area contributed by atoms with E-state index in [1.54, 1.807) is 0 Å². The van der Waals surface area contributed by atoms with Crippen LogP contribution in [0.2, 0.25) is 0 Å². The van der Waals surface area contributed by atoms with E-state index in [-0.39, 0.29) is 0 Å². The van der Waals surface area contributed by atoms with E-state index in [0.717, 1.165) is 17.3 Å². The van der Waals surface area contributed by atoms with Gasteiger partial charge in [-0.1, -0.05) is 45.7 Å². The standard InChI is InChI=1S/C14H21OS/c1-3-5-6-12(4-2)11-15-13-7-9-14(16)10-8-13/h7-10,12H,3-6,11H2,1-2H3. The van der Waals surface area contributed by atoms with Crippen molar-refractivity contribution in [2.24, 2.45) is 5.92 Å². The fourth-order valence-electron chi connectivity index (χ4n) is 1.65. The molecule has 0 heterocycles. The van der Waals surface area contributed by atoms with Crippen molar-refractivity contribution in [1.29, 1.82) is 0 Å². The van der Waals surface area contributed by atoms with Crippen LogP contribution in [-0.4, -0.2) is 6.61 Å². The van der Waals surface area contributed by atoms with Gasteiger partial charge in [0.25, 0.3) is 0 Å². The van der Waals surface area contributed by atoms with Crippen LogP contribution in [0.15, 0.2) is 29.2 Å². The van der Waals surface area contributed by atoms with Gasteiger partial charge in [0.1, 0.15) is 5.75 Å². The highest BCUT2D eigenvalue weighted by Gasteiger charge is 2.06. The Kier molecular flexibility index (Phi) is 6.24. The van der Waals surface area contributed by atoms with Crippen LogP contribution in [0.25, 0.3) is 0 Å². The Morgan fingerprint density at radius 2 is 1.88 bits per heavy atom. The average Bonchev–Trinajstić information content (AvgIpc) is 2.32. The third kappa shape index (κ3) is 4.84. The van der Waals surface area contributed by atoms with E-state index in [2.05, 4.69) is 13.8 Å². The first-order valence-electron chi connectivity index (χ1n) is 6.16. The topological polar surface area (TPSA) is 9.23 Å². The van der Waals surface area contributed by atoms with Gasteiger partial charge in [0, 0.05) is 4.90 Å². The highest BCUT2D eigenvalue weighted by atomic mass is 32.1. The maximum absolute atomic E-state index is 5.76. The van der Waals surface area contributed by atoms with Crippen LogP contribution in [0.5, 0.6) is 5.75 Å². The van der Waals surface area contributed by atoms with E-state index in [0.29, 0.717) is 5.92 Å². The van der Waals surface area contributed by atoms with Gasteiger partial charge in [-0.15, -0.1) is 0 Å². The fraction of sp³-hybridized carbons (Fsp3) is 0.571. The van der Waals surface area contributed by atoms with Crippen molar-refractivity contribution in [2.75, 3.05) is 6.61 Å². The number of hydrogen-bond donors (Lipinski definition) is 0. The maximum Gasteiger partial charge on any atom is 0.119 e. The molecule has 0 aliphatic carbocycles. The molecule has 0 aliphatic rings. The monoisotopic (exact) mass is 237 g/mol. The first-order chi connectivity index (χ1) is 7.76. The summed E-state index contributed by atoms with van der Waals surface area (Å²) in [6.07, 6.45) is 5.03. The van der Waals surface area contributed by atoms with E-state index in [1.165, 1.54) is 25.7 Å². The molecule has 0 bridgehead atoms. The molecule has 89 valence electrons. The Hall–Kier alpha value is -0.760. The minimum atomic E-state index is 0.683. The van der Waals surface area contributed by atoms with Crippen molar-refractivity contribution < 1.29 is 4.74 Å². The molecule has 1 atom stereocenters. The molecule has 0 spiro atoms. The molecule has 0 amide bonds. The van der Waals surface area contributed by atoms with E-state index < -0.39 is 0 Å². The summed E-state index contributed by atoms with van der Waals surface area (Å²) in [5.74, 6) is 1.62. The summed E-state index contributed by atoms with van der Waals surface area (Å²) in [7, 11) is 0. The third-order valence-corrected chi connectivity index (χ3v) is 3.12. The molecule has 0 saturated carbocycles.